The number of nitrogens with zero attached hydrogens (tertiary/aromatic N) is 4. The molecule has 0 atom stereocenters. The van der Waals surface area contributed by atoms with E-state index >= 15 is 0 Å². The number of pyridine rings is 1. The second kappa shape index (κ2) is 9.09. The third kappa shape index (κ3) is 4.72. The first-order chi connectivity index (χ1) is 13.6. The van der Waals surface area contributed by atoms with Crippen molar-refractivity contribution in [3.05, 3.63) is 72.6 Å². The lowest BCUT2D eigenvalue weighted by molar-refractivity contribution is -0.116. The predicted octanol–water partition coefficient (Wildman–Crippen LogP) is 3.13. The van der Waals surface area contributed by atoms with E-state index in [0.717, 1.165) is 11.1 Å². The van der Waals surface area contributed by atoms with Gasteiger partial charge in [0, 0.05) is 30.9 Å². The van der Waals surface area contributed by atoms with E-state index in [1.807, 2.05) is 16.7 Å². The van der Waals surface area contributed by atoms with Crippen LogP contribution >= 0.6 is 11.8 Å². The fourth-order valence-electron chi connectivity index (χ4n) is 2.59. The molecule has 2 aromatic heterocycles. The summed E-state index contributed by atoms with van der Waals surface area (Å²) in [6.07, 6.45) is 5.39. The van der Waals surface area contributed by atoms with E-state index in [1.165, 1.54) is 23.9 Å². The van der Waals surface area contributed by atoms with Crippen LogP contribution in [0.5, 0.6) is 0 Å². The van der Waals surface area contributed by atoms with Crippen LogP contribution in [0.25, 0.3) is 11.4 Å². The molecule has 0 bridgehead atoms. The summed E-state index contributed by atoms with van der Waals surface area (Å²) >= 11 is 1.32. The van der Waals surface area contributed by atoms with Gasteiger partial charge in [0.25, 0.3) is 0 Å². The summed E-state index contributed by atoms with van der Waals surface area (Å²) < 4.78 is 1.89. The number of thioether (sulfide) groups is 1. The zero-order valence-corrected chi connectivity index (χ0v) is 15.8. The van der Waals surface area contributed by atoms with Crippen molar-refractivity contribution in [1.29, 1.82) is 0 Å². The quantitative estimate of drug-likeness (QED) is 0.440. The van der Waals surface area contributed by atoms with E-state index < -0.39 is 5.97 Å². The zero-order chi connectivity index (χ0) is 19.9. The molecule has 0 radical (unpaired) electrons. The molecule has 0 aliphatic rings. The maximum absolute atomic E-state index is 12.3. The fraction of sp³-hybridized carbons (Fsp3) is 0.150. The Morgan fingerprint density at radius 3 is 2.61 bits per heavy atom. The van der Waals surface area contributed by atoms with Gasteiger partial charge < -0.3 is 5.11 Å². The van der Waals surface area contributed by atoms with Crippen molar-refractivity contribution in [2.45, 2.75) is 18.1 Å². The molecular formula is C20H18N4O3S. The molecule has 0 unspecified atom stereocenters. The molecule has 3 rings (SSSR count). The van der Waals surface area contributed by atoms with Crippen molar-refractivity contribution in [3.8, 4) is 11.4 Å². The third-order valence-electron chi connectivity index (χ3n) is 3.91. The summed E-state index contributed by atoms with van der Waals surface area (Å²) in [5, 5.41) is 18.0. The maximum atomic E-state index is 12.3. The summed E-state index contributed by atoms with van der Waals surface area (Å²) in [6, 6.07) is 10.0. The van der Waals surface area contributed by atoms with Crippen LogP contribution in [0, 0.1) is 0 Å². The van der Waals surface area contributed by atoms with Gasteiger partial charge in [-0.3, -0.25) is 14.3 Å². The van der Waals surface area contributed by atoms with Crippen molar-refractivity contribution in [2.75, 3.05) is 5.75 Å². The molecule has 2 heterocycles. The molecule has 3 aromatic rings. The minimum Gasteiger partial charge on any atom is -0.478 e. The lowest BCUT2D eigenvalue weighted by Gasteiger charge is -2.07. The van der Waals surface area contributed by atoms with Crippen LogP contribution in [-0.4, -0.2) is 42.4 Å². The average Bonchev–Trinajstić information content (AvgIpc) is 3.10. The van der Waals surface area contributed by atoms with Crippen LogP contribution in [-0.2, 0) is 17.8 Å². The lowest BCUT2D eigenvalue weighted by Crippen LogP contribution is -2.08. The van der Waals surface area contributed by atoms with E-state index in [4.69, 9.17) is 5.11 Å². The highest BCUT2D eigenvalue weighted by atomic mass is 32.2. The van der Waals surface area contributed by atoms with E-state index in [-0.39, 0.29) is 23.5 Å². The Hall–Kier alpha value is -3.26. The molecule has 0 fully saturated rings. The molecule has 7 nitrogen and oxygen atoms in total. The predicted molar refractivity (Wildman–Crippen MR) is 106 cm³/mol. The van der Waals surface area contributed by atoms with Crippen LogP contribution in [0.1, 0.15) is 15.9 Å². The van der Waals surface area contributed by atoms with Crippen molar-refractivity contribution >= 4 is 23.5 Å². The largest absolute Gasteiger partial charge is 0.478 e. The number of ketones is 1. The zero-order valence-electron chi connectivity index (χ0n) is 15.0. The topological polar surface area (TPSA) is 98.0 Å². The molecule has 0 aliphatic heterocycles. The molecule has 0 saturated heterocycles. The van der Waals surface area contributed by atoms with E-state index in [2.05, 4.69) is 21.8 Å². The van der Waals surface area contributed by atoms with Crippen molar-refractivity contribution in [1.82, 2.24) is 19.7 Å². The van der Waals surface area contributed by atoms with E-state index in [0.29, 0.717) is 17.5 Å². The molecule has 8 heteroatoms. The Labute approximate surface area is 166 Å². The molecule has 0 spiro atoms. The number of carbonyl (C=O) groups excluding carboxylic acids is 1. The standard InChI is InChI=1S/C20H18N4O3S/c1-2-10-24-18(16-4-3-9-21-12-16)22-23-20(24)28-13-17(25)11-14-5-7-15(8-6-14)19(26)27/h2-9,12H,1,10-11,13H2,(H,26,27). The monoisotopic (exact) mass is 394 g/mol. The number of rotatable bonds is 9. The number of hydrogen-bond donors (Lipinski definition) is 1. The number of aromatic carboxylic acids is 1. The van der Waals surface area contributed by atoms with Crippen molar-refractivity contribution in [3.63, 3.8) is 0 Å². The number of aromatic nitrogens is 4. The molecule has 28 heavy (non-hydrogen) atoms. The third-order valence-corrected chi connectivity index (χ3v) is 4.94. The number of hydrogen-bond acceptors (Lipinski definition) is 6. The fourth-order valence-corrected chi connectivity index (χ4v) is 3.39. The summed E-state index contributed by atoms with van der Waals surface area (Å²) in [4.78, 5) is 27.3. The Kier molecular flexibility index (Phi) is 6.33. The van der Waals surface area contributed by atoms with E-state index in [1.54, 1.807) is 30.6 Å². The normalized spacial score (nSPS) is 10.6. The number of Topliss-reactive ketones (excluding diaryl/α,β-unsaturated/α-hetero) is 1. The summed E-state index contributed by atoms with van der Waals surface area (Å²) in [6.45, 7) is 4.29. The Morgan fingerprint density at radius 2 is 1.96 bits per heavy atom. The van der Waals surface area contributed by atoms with Gasteiger partial charge in [-0.05, 0) is 29.8 Å². The van der Waals surface area contributed by atoms with Gasteiger partial charge in [-0.2, -0.15) is 0 Å². The number of benzene rings is 1. The van der Waals surface area contributed by atoms with Gasteiger partial charge in [-0.1, -0.05) is 30.0 Å². The molecule has 0 saturated carbocycles. The van der Waals surface area contributed by atoms with Gasteiger partial charge in [0.05, 0.1) is 11.3 Å². The second-order valence-electron chi connectivity index (χ2n) is 5.95. The molecular weight excluding hydrogens is 376 g/mol. The minimum absolute atomic E-state index is 0.0177. The summed E-state index contributed by atoms with van der Waals surface area (Å²) in [5.41, 5.74) is 1.82. The SMILES string of the molecule is C=CCn1c(SCC(=O)Cc2ccc(C(=O)O)cc2)nnc1-c1cccnc1. The summed E-state index contributed by atoms with van der Waals surface area (Å²) in [7, 11) is 0. The smallest absolute Gasteiger partial charge is 0.335 e. The Morgan fingerprint density at radius 1 is 1.18 bits per heavy atom. The molecule has 0 amide bonds. The number of carbonyl (C=O) groups is 2. The lowest BCUT2D eigenvalue weighted by atomic mass is 10.1. The summed E-state index contributed by atoms with van der Waals surface area (Å²) in [5.74, 6) is -0.0565. The number of allylic oxidation sites excluding steroid dienone is 1. The first-order valence-corrected chi connectivity index (χ1v) is 9.48. The van der Waals surface area contributed by atoms with Gasteiger partial charge >= 0.3 is 5.97 Å². The Balaban J connectivity index is 1.66. The highest BCUT2D eigenvalue weighted by molar-refractivity contribution is 7.99. The van der Waals surface area contributed by atoms with Crippen molar-refractivity contribution < 1.29 is 14.7 Å². The maximum Gasteiger partial charge on any atom is 0.335 e. The van der Waals surface area contributed by atoms with Gasteiger partial charge in [-0.25, -0.2) is 4.79 Å². The number of carboxylic acids is 1. The highest BCUT2D eigenvalue weighted by Gasteiger charge is 2.15. The number of carboxylic acid groups (broad SMARTS) is 1. The van der Waals surface area contributed by atoms with Crippen LogP contribution < -0.4 is 0 Å². The Bertz CT molecular complexity index is 984. The van der Waals surface area contributed by atoms with Gasteiger partial charge in [0.15, 0.2) is 11.0 Å². The minimum atomic E-state index is -0.987. The van der Waals surface area contributed by atoms with Crippen LogP contribution in [0.4, 0.5) is 0 Å². The molecule has 1 N–H and O–H groups in total. The molecule has 0 aliphatic carbocycles. The van der Waals surface area contributed by atoms with Gasteiger partial charge in [0.2, 0.25) is 0 Å². The molecule has 142 valence electrons. The van der Waals surface area contributed by atoms with Crippen LogP contribution in [0.15, 0.2) is 66.6 Å². The van der Waals surface area contributed by atoms with E-state index in [9.17, 15) is 9.59 Å². The average molecular weight is 394 g/mol. The second-order valence-corrected chi connectivity index (χ2v) is 6.90. The van der Waals surface area contributed by atoms with Crippen LogP contribution in [0.3, 0.4) is 0 Å². The van der Waals surface area contributed by atoms with Gasteiger partial charge in [0.1, 0.15) is 5.78 Å². The van der Waals surface area contributed by atoms with Crippen molar-refractivity contribution in [2.24, 2.45) is 0 Å². The first kappa shape index (κ1) is 19.5. The highest BCUT2D eigenvalue weighted by Crippen LogP contribution is 2.23. The molecule has 1 aromatic carbocycles. The van der Waals surface area contributed by atoms with Crippen LogP contribution in [0.2, 0.25) is 0 Å². The first-order valence-electron chi connectivity index (χ1n) is 8.49. The van der Waals surface area contributed by atoms with Gasteiger partial charge in [-0.15, -0.1) is 16.8 Å².